The minimum atomic E-state index is -5.41. The molecule has 2 aromatic rings. The number of hydrogen-bond donors (Lipinski definition) is 2. The van der Waals surface area contributed by atoms with Gasteiger partial charge in [0, 0.05) is 17.5 Å². The van der Waals surface area contributed by atoms with Crippen LogP contribution in [0.5, 0.6) is 0 Å². The Bertz CT molecular complexity index is 1530. The monoisotopic (exact) mass is 636 g/mol. The molecule has 220 valence electrons. The minimum absolute atomic E-state index is 0. The quantitative estimate of drug-likeness (QED) is 0.0456. The van der Waals surface area contributed by atoms with Crippen LogP contribution in [-0.2, 0) is 50.4 Å². The molecule has 2 heterocycles. The molecule has 0 bridgehead atoms. The van der Waals surface area contributed by atoms with Gasteiger partial charge in [-0.05, 0) is 31.5 Å². The van der Waals surface area contributed by atoms with Gasteiger partial charge in [-0.3, -0.25) is 19.7 Å². The van der Waals surface area contributed by atoms with Gasteiger partial charge in [0.15, 0.2) is 27.2 Å². The van der Waals surface area contributed by atoms with Crippen molar-refractivity contribution >= 4 is 61.9 Å². The van der Waals surface area contributed by atoms with E-state index in [0.29, 0.717) is 5.56 Å². The van der Waals surface area contributed by atoms with E-state index in [9.17, 15) is 42.3 Å². The number of amides is 2. The molecule has 42 heavy (non-hydrogen) atoms. The zero-order valence-electron chi connectivity index (χ0n) is 22.3. The average molecular weight is 637 g/mol. The summed E-state index contributed by atoms with van der Waals surface area (Å²) in [5.74, 6) is -4.86. The smallest absolute Gasteiger partial charge is 0.731 e. The summed E-state index contributed by atoms with van der Waals surface area (Å²) in [6.07, 6.45) is 0. The summed E-state index contributed by atoms with van der Waals surface area (Å²) >= 11 is 0.897. The second-order valence-corrected chi connectivity index (χ2v) is 10.8. The molecule has 1 saturated heterocycles. The molecule has 21 heteroatoms. The second kappa shape index (κ2) is 13.5. The first-order valence-corrected chi connectivity index (χ1v) is 13.4. The predicted molar refractivity (Wildman–Crippen MR) is 135 cm³/mol. The molecular formula is C21H21N6NaO12S2. The number of rotatable bonds is 11. The van der Waals surface area contributed by atoms with E-state index in [0.717, 1.165) is 18.4 Å². The van der Waals surface area contributed by atoms with Gasteiger partial charge in [0.05, 0.1) is 12.0 Å². The molecule has 0 saturated carbocycles. The van der Waals surface area contributed by atoms with E-state index >= 15 is 0 Å². The number of nitrogen functional groups attached to an aromatic ring is 1. The van der Waals surface area contributed by atoms with Crippen LogP contribution in [0, 0.1) is 10.1 Å². The number of nitrogens with zero attached hydrogens (tertiary/aromatic N) is 4. The fraction of sp³-hybridized carbons (Fsp3) is 0.333. The first-order valence-electron chi connectivity index (χ1n) is 11.1. The van der Waals surface area contributed by atoms with Crippen molar-refractivity contribution in [3.8, 4) is 0 Å². The van der Waals surface area contributed by atoms with Gasteiger partial charge in [-0.25, -0.2) is 27.3 Å². The van der Waals surface area contributed by atoms with Crippen LogP contribution in [0.3, 0.4) is 0 Å². The van der Waals surface area contributed by atoms with Crippen molar-refractivity contribution < 1.29 is 80.9 Å². The number of nitro groups is 1. The number of oxime groups is 1. The first kappa shape index (κ1) is 34.5. The van der Waals surface area contributed by atoms with Crippen LogP contribution in [0.1, 0.15) is 25.1 Å². The van der Waals surface area contributed by atoms with Gasteiger partial charge in [0.2, 0.25) is 5.60 Å². The number of carbonyl (C=O) groups excluding carboxylic acids is 4. The zero-order valence-corrected chi connectivity index (χ0v) is 26.0. The Morgan fingerprint density at radius 3 is 2.38 bits per heavy atom. The fourth-order valence-corrected chi connectivity index (χ4v) is 4.62. The van der Waals surface area contributed by atoms with E-state index in [1.807, 2.05) is 0 Å². The summed E-state index contributed by atoms with van der Waals surface area (Å²) in [4.78, 5) is 69.4. The third kappa shape index (κ3) is 7.77. The first-order chi connectivity index (χ1) is 19.1. The number of aromatic nitrogens is 1. The van der Waals surface area contributed by atoms with E-state index in [4.69, 9.17) is 15.3 Å². The van der Waals surface area contributed by atoms with E-state index < -0.39 is 62.4 Å². The average Bonchev–Trinajstić information content (AvgIpc) is 3.33. The normalized spacial score (nSPS) is 16.9. The number of non-ortho nitro benzene ring substituents is 1. The largest absolute Gasteiger partial charge is 1.00 e. The van der Waals surface area contributed by atoms with Crippen LogP contribution in [-0.4, -0.2) is 81.4 Å². The van der Waals surface area contributed by atoms with E-state index in [-0.39, 0.29) is 57.0 Å². The van der Waals surface area contributed by atoms with E-state index in [1.54, 1.807) is 0 Å². The number of hydrogen-bond acceptors (Lipinski definition) is 16. The van der Waals surface area contributed by atoms with Crippen LogP contribution < -0.4 is 40.6 Å². The number of anilines is 1. The summed E-state index contributed by atoms with van der Waals surface area (Å²) in [5, 5.41) is 17.8. The molecule has 1 aliphatic rings. The third-order valence-corrected chi connectivity index (χ3v) is 6.94. The number of benzene rings is 1. The Balaban J connectivity index is 0.00000616. The molecule has 2 amide bonds. The summed E-state index contributed by atoms with van der Waals surface area (Å²) in [7, 11) is -4.53. The Morgan fingerprint density at radius 1 is 1.26 bits per heavy atom. The van der Waals surface area contributed by atoms with Gasteiger partial charge < -0.3 is 29.9 Å². The predicted octanol–water partition coefficient (Wildman–Crippen LogP) is -3.79. The number of nitrogens with two attached hydrogens (primary N) is 1. The van der Waals surface area contributed by atoms with Crippen LogP contribution in [0.4, 0.5) is 10.8 Å². The number of nitrogens with one attached hydrogen (secondary N) is 1. The molecular weight excluding hydrogens is 615 g/mol. The molecule has 0 unspecified atom stereocenters. The molecule has 3 rings (SSSR count). The molecule has 1 aromatic heterocycles. The maximum atomic E-state index is 13.1. The van der Waals surface area contributed by atoms with Gasteiger partial charge in [0.1, 0.15) is 18.3 Å². The molecule has 3 N–H and O–H groups in total. The number of esters is 2. The van der Waals surface area contributed by atoms with Crippen LogP contribution in [0.15, 0.2) is 34.8 Å². The standard InChI is InChI=1S/C21H22N6O12S2.Na/c1-21(2,19(31)38-8-10-4-6-11(7-5-10)27(32)33)39-25-13(12-9-40-20(22)23-12)16(28)24-14-15(18(30)37-3)26(17(14)29)41(34,35)36;/h4-7,9,14-15H,8H2,1-3H3,(H2,22,23)(H,24,28)(H,34,35,36);/q;+1/p-1/t14-,15+;/m0./s1. The van der Waals surface area contributed by atoms with Crippen molar-refractivity contribution in [3.63, 3.8) is 0 Å². The van der Waals surface area contributed by atoms with Crippen LogP contribution in [0.2, 0.25) is 0 Å². The molecule has 1 fully saturated rings. The van der Waals surface area contributed by atoms with Gasteiger partial charge in [-0.1, -0.05) is 5.16 Å². The third-order valence-electron chi connectivity index (χ3n) is 5.38. The Kier molecular flexibility index (Phi) is 11.1. The van der Waals surface area contributed by atoms with E-state index in [1.165, 1.54) is 43.5 Å². The van der Waals surface area contributed by atoms with E-state index in [2.05, 4.69) is 20.2 Å². The van der Waals surface area contributed by atoms with Gasteiger partial charge in [-0.15, -0.1) is 11.3 Å². The summed E-state index contributed by atoms with van der Waals surface area (Å²) in [6.45, 7) is 2.22. The molecule has 18 nitrogen and oxygen atoms in total. The number of nitro benzene ring substituents is 1. The minimum Gasteiger partial charge on any atom is -0.731 e. The summed E-state index contributed by atoms with van der Waals surface area (Å²) in [5.41, 5.74) is 3.27. The van der Waals surface area contributed by atoms with Crippen molar-refractivity contribution in [3.05, 3.63) is 51.0 Å². The van der Waals surface area contributed by atoms with Crippen molar-refractivity contribution in [2.24, 2.45) is 5.16 Å². The van der Waals surface area contributed by atoms with Crippen molar-refractivity contribution in [2.45, 2.75) is 38.1 Å². The van der Waals surface area contributed by atoms with Crippen LogP contribution >= 0.6 is 11.3 Å². The molecule has 0 spiro atoms. The Labute approximate surface area is 263 Å². The van der Waals surface area contributed by atoms with Gasteiger partial charge in [0.25, 0.3) is 17.5 Å². The summed E-state index contributed by atoms with van der Waals surface area (Å²) < 4.78 is 43.5. The summed E-state index contributed by atoms with van der Waals surface area (Å²) in [6, 6.07) is 1.42. The maximum Gasteiger partial charge on any atom is 1.00 e. The Hall–Kier alpha value is -3.69. The van der Waals surface area contributed by atoms with Crippen molar-refractivity contribution in [2.75, 3.05) is 12.8 Å². The van der Waals surface area contributed by atoms with Gasteiger partial charge in [-0.2, -0.15) is 0 Å². The number of methoxy groups -OCH3 is 1. The number of carbonyl (C=O) groups is 4. The number of β-lactam (4-membered cyclic amide) rings is 1. The second-order valence-electron chi connectivity index (χ2n) is 8.62. The van der Waals surface area contributed by atoms with Crippen molar-refractivity contribution in [1.82, 2.24) is 14.6 Å². The Morgan fingerprint density at radius 2 is 1.88 bits per heavy atom. The maximum absolute atomic E-state index is 13.1. The molecule has 1 aromatic carbocycles. The molecule has 1 aliphatic heterocycles. The zero-order chi connectivity index (χ0) is 30.7. The topological polar surface area (TPSA) is 263 Å². The van der Waals surface area contributed by atoms with Crippen molar-refractivity contribution in [1.29, 1.82) is 0 Å². The molecule has 0 radical (unpaired) electrons. The molecule has 2 atom stereocenters. The van der Waals surface area contributed by atoms with Crippen LogP contribution in [0.25, 0.3) is 0 Å². The number of thiazole rings is 1. The number of ether oxygens (including phenoxy) is 2. The SMILES string of the molecule is COC(=O)[C@H]1[C@H](NC(=O)C(=NOC(C)(C)C(=O)OCc2ccc([N+](=O)[O-])cc2)c2csc(N)n2)C(=O)N1S(=O)(=O)[O-].[Na+]. The fourth-order valence-electron chi connectivity index (χ4n) is 3.25. The molecule has 0 aliphatic carbocycles. The van der Waals surface area contributed by atoms with Gasteiger partial charge >= 0.3 is 41.5 Å².